The number of carboxylic acid groups (broad SMARTS) is 1. The maximum Gasteiger partial charge on any atom is 0.521 e. The summed E-state index contributed by atoms with van der Waals surface area (Å²) in [6.45, 7) is 11.9. The molecule has 1 rings (SSSR count). The molecule has 38 heavy (non-hydrogen) atoms. The summed E-state index contributed by atoms with van der Waals surface area (Å²) in [5, 5.41) is 14.9. The van der Waals surface area contributed by atoms with Crippen LogP contribution in [0, 0.1) is 0 Å². The number of imide groups is 1. The van der Waals surface area contributed by atoms with Crippen molar-refractivity contribution in [1.82, 2.24) is 10.6 Å². The Morgan fingerprint density at radius 1 is 1.08 bits per heavy atom. The number of amides is 4. The zero-order valence-corrected chi connectivity index (χ0v) is 24.7. The molecule has 6 atom stereocenters. The van der Waals surface area contributed by atoms with Gasteiger partial charge in [0, 0.05) is 12.8 Å². The second-order valence-electron chi connectivity index (χ2n) is 11.0. The molecular weight excluding hydrogens is 517 g/mol. The summed E-state index contributed by atoms with van der Waals surface area (Å²) in [4.78, 5) is 61.6. The minimum Gasteiger partial charge on any atom is -0.444 e. The minimum atomic E-state index is -4.65. The van der Waals surface area contributed by atoms with Gasteiger partial charge in [0.15, 0.2) is 6.10 Å². The lowest BCUT2D eigenvalue weighted by Crippen LogP contribution is -2.61. The molecule has 0 aromatic rings. The van der Waals surface area contributed by atoms with Gasteiger partial charge in [-0.1, -0.05) is 39.5 Å². The van der Waals surface area contributed by atoms with Crippen molar-refractivity contribution < 1.29 is 47.5 Å². The molecule has 1 heterocycles. The number of alkyl carbamates (subject to hydrolysis) is 1. The van der Waals surface area contributed by atoms with E-state index in [0.29, 0.717) is 32.1 Å². The van der Waals surface area contributed by atoms with Crippen molar-refractivity contribution in [2.24, 2.45) is 0 Å². The highest BCUT2D eigenvalue weighted by Gasteiger charge is 2.55. The fourth-order valence-electron chi connectivity index (χ4n) is 4.56. The van der Waals surface area contributed by atoms with Crippen molar-refractivity contribution in [2.45, 2.75) is 129 Å². The van der Waals surface area contributed by atoms with E-state index in [0.717, 1.165) is 6.42 Å². The van der Waals surface area contributed by atoms with Crippen LogP contribution in [-0.2, 0) is 23.4 Å². The average molecular weight is 565 g/mol. The van der Waals surface area contributed by atoms with Gasteiger partial charge in [-0.3, -0.25) is 13.9 Å². The first-order valence-electron chi connectivity index (χ1n) is 13.5. The molecule has 3 unspecified atom stereocenters. The van der Waals surface area contributed by atoms with E-state index in [4.69, 9.17) is 9.26 Å². The Hall–Kier alpha value is -2.01. The standard InChI is InChI=1S/C25H46N3O9P/c1-8-10-14-19(26-23(31)36-25(5,6)7)21(29)27-20(15-11-9-2)38(34,35)37-18(4)22(30)28(24(32)33)16-12-13-17(28)3/h17-20H,8-16H2,1-7H3,(H3-,26,27,29,31,32,33,34,35)/p+1/t17-,18?,19+,20+,28?/m1/s1. The zero-order valence-electron chi connectivity index (χ0n) is 23.8. The second kappa shape index (κ2) is 14.4. The van der Waals surface area contributed by atoms with Crippen molar-refractivity contribution in [2.75, 3.05) is 6.54 Å². The summed E-state index contributed by atoms with van der Waals surface area (Å²) in [7, 11) is -4.65. The SMILES string of the molecule is CCCC[C@H](NC(=O)OC(C)(C)C)C(=O)N[C@H](CCCC)P(=O)(O)OC(C)C(=O)[N+]1(C(=O)O)CCC[C@H]1C. The largest absolute Gasteiger partial charge is 0.521 e. The maximum absolute atomic E-state index is 13.4. The smallest absolute Gasteiger partial charge is 0.444 e. The fraction of sp³-hybridized carbons (Fsp3) is 0.840. The average Bonchev–Trinajstić information content (AvgIpc) is 3.19. The van der Waals surface area contributed by atoms with Crippen molar-refractivity contribution >= 4 is 31.6 Å². The Bertz CT molecular complexity index is 892. The molecule has 4 amide bonds. The molecular formula is C25H47N3O9P+. The highest BCUT2D eigenvalue weighted by Crippen LogP contribution is 2.50. The molecule has 0 spiro atoms. The predicted octanol–water partition coefficient (Wildman–Crippen LogP) is 4.50. The number of hydrogen-bond acceptors (Lipinski definition) is 7. The van der Waals surface area contributed by atoms with E-state index in [1.165, 1.54) is 6.92 Å². The highest BCUT2D eigenvalue weighted by atomic mass is 31.2. The fourth-order valence-corrected chi connectivity index (χ4v) is 6.05. The number of nitrogens with one attached hydrogen (secondary N) is 2. The molecule has 13 heteroatoms. The van der Waals surface area contributed by atoms with Crippen LogP contribution in [0.4, 0.5) is 9.59 Å². The molecule has 220 valence electrons. The summed E-state index contributed by atoms with van der Waals surface area (Å²) in [6.07, 6.45) is 0.307. The number of hydrogen-bond donors (Lipinski definition) is 4. The zero-order chi connectivity index (χ0) is 29.3. The normalized spacial score (nSPS) is 23.5. The van der Waals surface area contributed by atoms with E-state index in [-0.39, 0.29) is 19.4 Å². The highest BCUT2D eigenvalue weighted by molar-refractivity contribution is 7.53. The van der Waals surface area contributed by atoms with Crippen LogP contribution in [0.25, 0.3) is 0 Å². The Morgan fingerprint density at radius 2 is 1.66 bits per heavy atom. The number of nitrogens with zero attached hydrogens (tertiary/aromatic N) is 1. The maximum atomic E-state index is 13.4. The summed E-state index contributed by atoms with van der Waals surface area (Å²) in [5.74, 6) is -2.85. The van der Waals surface area contributed by atoms with Crippen molar-refractivity contribution in [3.63, 3.8) is 0 Å². The topological polar surface area (TPSA) is 168 Å². The third-order valence-electron chi connectivity index (χ3n) is 6.66. The Kier molecular flexibility index (Phi) is 12.9. The number of ether oxygens (including phenoxy) is 1. The Morgan fingerprint density at radius 3 is 2.13 bits per heavy atom. The first kappa shape index (κ1) is 34.0. The first-order valence-corrected chi connectivity index (χ1v) is 15.1. The van der Waals surface area contributed by atoms with Crippen molar-refractivity contribution in [3.05, 3.63) is 0 Å². The lowest BCUT2D eigenvalue weighted by atomic mass is 10.1. The Balaban J connectivity index is 3.11. The van der Waals surface area contributed by atoms with E-state index < -0.39 is 65.7 Å². The van der Waals surface area contributed by atoms with E-state index in [9.17, 15) is 33.7 Å². The molecule has 0 aliphatic carbocycles. The van der Waals surface area contributed by atoms with Gasteiger partial charge in [-0.2, -0.15) is 9.28 Å². The molecule has 1 saturated heterocycles. The van der Waals surface area contributed by atoms with Gasteiger partial charge < -0.3 is 25.4 Å². The Labute approximate surface area is 225 Å². The molecule has 1 aliphatic heterocycles. The monoisotopic (exact) mass is 564 g/mol. The summed E-state index contributed by atoms with van der Waals surface area (Å²) < 4.78 is 23.1. The van der Waals surface area contributed by atoms with Crippen LogP contribution < -0.4 is 10.6 Å². The van der Waals surface area contributed by atoms with Crippen molar-refractivity contribution in [1.29, 1.82) is 0 Å². The van der Waals surface area contributed by atoms with Gasteiger partial charge >= 0.3 is 25.7 Å². The van der Waals surface area contributed by atoms with Gasteiger partial charge in [0.05, 0.1) is 6.54 Å². The van der Waals surface area contributed by atoms with Crippen LogP contribution in [0.15, 0.2) is 0 Å². The second-order valence-corrected chi connectivity index (χ2v) is 13.0. The molecule has 12 nitrogen and oxygen atoms in total. The first-order chi connectivity index (χ1) is 17.5. The summed E-state index contributed by atoms with van der Waals surface area (Å²) in [5.41, 5.74) is -0.778. The summed E-state index contributed by atoms with van der Waals surface area (Å²) in [6, 6.07) is -1.52. The molecule has 0 saturated carbocycles. The van der Waals surface area contributed by atoms with Gasteiger partial charge in [0.2, 0.25) is 5.91 Å². The van der Waals surface area contributed by atoms with Gasteiger partial charge in [-0.25, -0.2) is 9.59 Å². The number of likely N-dealkylation sites (tertiary alicyclic amines) is 1. The summed E-state index contributed by atoms with van der Waals surface area (Å²) >= 11 is 0. The van der Waals surface area contributed by atoms with E-state index in [1.807, 2.05) is 13.8 Å². The van der Waals surface area contributed by atoms with Gasteiger partial charge in [-0.05, 0) is 47.5 Å². The van der Waals surface area contributed by atoms with E-state index in [1.54, 1.807) is 27.7 Å². The minimum absolute atomic E-state index is 0.0736. The quantitative estimate of drug-likeness (QED) is 0.186. The number of quaternary nitrogens is 1. The third-order valence-corrected chi connectivity index (χ3v) is 8.46. The lowest BCUT2D eigenvalue weighted by Gasteiger charge is -2.33. The molecule has 0 bridgehead atoms. The van der Waals surface area contributed by atoms with Crippen LogP contribution in [0.5, 0.6) is 0 Å². The molecule has 1 aliphatic rings. The van der Waals surface area contributed by atoms with Gasteiger partial charge in [-0.15, -0.1) is 0 Å². The number of rotatable bonds is 13. The number of carbonyl (C=O) groups excluding carboxylic acids is 3. The molecule has 0 aromatic heterocycles. The molecule has 1 fully saturated rings. The number of carbonyl (C=O) groups is 4. The van der Waals surface area contributed by atoms with Crippen LogP contribution in [0.3, 0.4) is 0 Å². The van der Waals surface area contributed by atoms with Gasteiger partial charge in [0.1, 0.15) is 23.5 Å². The van der Waals surface area contributed by atoms with Crippen LogP contribution >= 0.6 is 7.60 Å². The molecule has 0 radical (unpaired) electrons. The third kappa shape index (κ3) is 9.32. The van der Waals surface area contributed by atoms with Crippen LogP contribution in [0.1, 0.15) is 99.8 Å². The lowest BCUT2D eigenvalue weighted by molar-refractivity contribution is -0.793. The van der Waals surface area contributed by atoms with Crippen molar-refractivity contribution in [3.8, 4) is 0 Å². The molecule has 0 aromatic carbocycles. The van der Waals surface area contributed by atoms with Crippen LogP contribution in [0.2, 0.25) is 0 Å². The molecule has 4 N–H and O–H groups in total. The predicted molar refractivity (Wildman–Crippen MR) is 141 cm³/mol. The van der Waals surface area contributed by atoms with E-state index >= 15 is 0 Å². The number of unbranched alkanes of at least 4 members (excludes halogenated alkanes) is 2. The van der Waals surface area contributed by atoms with E-state index in [2.05, 4.69) is 10.6 Å². The van der Waals surface area contributed by atoms with Gasteiger partial charge in [0.25, 0.3) is 0 Å². The van der Waals surface area contributed by atoms with Crippen LogP contribution in [-0.4, -0.2) is 74.6 Å².